The van der Waals surface area contributed by atoms with Crippen LogP contribution in [0.5, 0.6) is 0 Å². The van der Waals surface area contributed by atoms with E-state index in [2.05, 4.69) is 10.1 Å². The van der Waals surface area contributed by atoms with Gasteiger partial charge in [0.1, 0.15) is 5.82 Å². The van der Waals surface area contributed by atoms with E-state index in [1.165, 1.54) is 35.2 Å². The van der Waals surface area contributed by atoms with Crippen molar-refractivity contribution in [1.82, 2.24) is 10.1 Å². The highest BCUT2D eigenvalue weighted by Gasteiger charge is 2.23. The van der Waals surface area contributed by atoms with Crippen LogP contribution in [0.3, 0.4) is 0 Å². The van der Waals surface area contributed by atoms with Crippen molar-refractivity contribution in [3.05, 3.63) is 76.7 Å². The molecule has 176 valence electrons. The zero-order valence-corrected chi connectivity index (χ0v) is 19.3. The van der Waals surface area contributed by atoms with E-state index in [-0.39, 0.29) is 24.2 Å². The first kappa shape index (κ1) is 23.9. The van der Waals surface area contributed by atoms with Crippen molar-refractivity contribution < 1.29 is 23.2 Å². The number of carbonyl (C=O) groups is 2. The fourth-order valence-corrected chi connectivity index (χ4v) is 3.70. The molecule has 0 aliphatic heterocycles. The maximum atomic E-state index is 13.3. The fourth-order valence-electron chi connectivity index (χ4n) is 3.51. The number of pyridine rings is 1. The molecule has 0 saturated heterocycles. The van der Waals surface area contributed by atoms with E-state index < -0.39 is 24.3 Å². The monoisotopic (exact) mass is 492 g/mol. The molecular weight excluding hydrogens is 475 g/mol. The number of carbonyl (C=O) groups excluding carboxylic acids is 2. The fraction of sp³-hybridized carbons (Fsp3) is 0.160. The Bertz CT molecular complexity index is 1450. The van der Waals surface area contributed by atoms with E-state index in [1.54, 1.807) is 31.2 Å². The first-order valence-electron chi connectivity index (χ1n) is 10.5. The van der Waals surface area contributed by atoms with Crippen LogP contribution in [0.1, 0.15) is 22.5 Å². The summed E-state index contributed by atoms with van der Waals surface area (Å²) in [5.41, 5.74) is 2.02. The highest BCUT2D eigenvalue weighted by molar-refractivity contribution is 6.30. The number of benzene rings is 2. The van der Waals surface area contributed by atoms with Gasteiger partial charge in [-0.1, -0.05) is 22.8 Å². The van der Waals surface area contributed by atoms with Crippen molar-refractivity contribution in [3.63, 3.8) is 0 Å². The Labute approximate surface area is 204 Å². The molecular formula is C25H18ClFN4O4. The van der Waals surface area contributed by atoms with Crippen LogP contribution in [-0.4, -0.2) is 35.2 Å². The number of aryl methyl sites for hydroxylation is 1. The van der Waals surface area contributed by atoms with Gasteiger partial charge in [-0.3, -0.25) is 4.79 Å². The quantitative estimate of drug-likeness (QED) is 0.330. The van der Waals surface area contributed by atoms with Crippen molar-refractivity contribution in [2.24, 2.45) is 0 Å². The molecule has 10 heteroatoms. The number of aromatic nitrogens is 2. The Morgan fingerprint density at radius 2 is 1.97 bits per heavy atom. The number of esters is 1. The van der Waals surface area contributed by atoms with Crippen LogP contribution in [-0.2, 0) is 9.53 Å². The average Bonchev–Trinajstić information content (AvgIpc) is 3.23. The summed E-state index contributed by atoms with van der Waals surface area (Å²) in [6.07, 6.45) is 0.0814. The van der Waals surface area contributed by atoms with Crippen molar-refractivity contribution in [1.29, 1.82) is 5.26 Å². The molecule has 0 atom stereocenters. The predicted molar refractivity (Wildman–Crippen MR) is 126 cm³/mol. The summed E-state index contributed by atoms with van der Waals surface area (Å²) in [5.74, 6) is -1.72. The lowest BCUT2D eigenvalue weighted by Crippen LogP contribution is -2.35. The maximum absolute atomic E-state index is 13.3. The number of amides is 1. The van der Waals surface area contributed by atoms with E-state index in [1.807, 2.05) is 6.07 Å². The van der Waals surface area contributed by atoms with Crippen molar-refractivity contribution >= 4 is 40.3 Å². The third-order valence-corrected chi connectivity index (χ3v) is 5.41. The summed E-state index contributed by atoms with van der Waals surface area (Å²) in [7, 11) is 0. The highest BCUT2D eigenvalue weighted by Crippen LogP contribution is 2.28. The van der Waals surface area contributed by atoms with Gasteiger partial charge in [0.25, 0.3) is 11.6 Å². The molecule has 1 amide bonds. The summed E-state index contributed by atoms with van der Waals surface area (Å²) < 4.78 is 23.9. The van der Waals surface area contributed by atoms with Crippen molar-refractivity contribution in [3.8, 4) is 17.3 Å². The van der Waals surface area contributed by atoms with Crippen LogP contribution < -0.4 is 4.90 Å². The molecule has 0 bridgehead atoms. The molecule has 0 aliphatic carbocycles. The minimum absolute atomic E-state index is 0.0814. The molecule has 2 aromatic carbocycles. The molecule has 4 rings (SSSR count). The number of ether oxygens (including phenoxy) is 1. The lowest BCUT2D eigenvalue weighted by molar-refractivity contribution is -0.121. The molecule has 0 fully saturated rings. The van der Waals surface area contributed by atoms with Gasteiger partial charge in [-0.25, -0.2) is 14.2 Å². The zero-order valence-electron chi connectivity index (χ0n) is 18.5. The second-order valence-electron chi connectivity index (χ2n) is 7.52. The van der Waals surface area contributed by atoms with Gasteiger partial charge in [-0.2, -0.15) is 5.26 Å². The molecule has 0 aliphatic rings. The molecule has 2 heterocycles. The van der Waals surface area contributed by atoms with Gasteiger partial charge < -0.3 is 14.2 Å². The van der Waals surface area contributed by atoms with Gasteiger partial charge in [0.15, 0.2) is 6.61 Å². The Hall–Kier alpha value is -4.29. The molecule has 0 unspecified atom stereocenters. The van der Waals surface area contributed by atoms with Crippen LogP contribution in [0.2, 0.25) is 5.02 Å². The van der Waals surface area contributed by atoms with E-state index in [0.29, 0.717) is 33.0 Å². The van der Waals surface area contributed by atoms with Gasteiger partial charge in [-0.15, -0.1) is 0 Å². The van der Waals surface area contributed by atoms with Crippen molar-refractivity contribution in [2.45, 2.75) is 13.3 Å². The molecule has 0 N–H and O–H groups in total. The Morgan fingerprint density at radius 3 is 2.69 bits per heavy atom. The number of anilines is 1. The van der Waals surface area contributed by atoms with Crippen molar-refractivity contribution in [2.75, 3.05) is 18.1 Å². The number of hydrogen-bond acceptors (Lipinski definition) is 7. The summed E-state index contributed by atoms with van der Waals surface area (Å²) in [4.78, 5) is 31.7. The molecule has 4 aromatic rings. The summed E-state index contributed by atoms with van der Waals surface area (Å²) in [6, 6.07) is 15.6. The van der Waals surface area contributed by atoms with Crippen LogP contribution in [0.25, 0.3) is 22.4 Å². The minimum atomic E-state index is -0.785. The SMILES string of the molecule is Cc1noc2nc(-c3ccc(F)cc3)cc(C(=O)OCC(=O)N(CCC#N)c3cccc(Cl)c3)c12. The first-order chi connectivity index (χ1) is 16.9. The average molecular weight is 493 g/mol. The molecule has 8 nitrogen and oxygen atoms in total. The third kappa shape index (κ3) is 5.28. The van der Waals surface area contributed by atoms with Gasteiger partial charge in [0, 0.05) is 22.8 Å². The number of fused-ring (bicyclic) bond motifs is 1. The highest BCUT2D eigenvalue weighted by atomic mass is 35.5. The topological polar surface area (TPSA) is 109 Å². The van der Waals surface area contributed by atoms with Gasteiger partial charge in [0.05, 0.1) is 34.8 Å². The molecule has 0 saturated carbocycles. The molecule has 0 spiro atoms. The van der Waals surface area contributed by atoms with Crippen LogP contribution in [0, 0.1) is 24.1 Å². The van der Waals surface area contributed by atoms with Gasteiger partial charge in [0.2, 0.25) is 0 Å². The third-order valence-electron chi connectivity index (χ3n) is 5.17. The van der Waals surface area contributed by atoms with Crippen LogP contribution in [0.15, 0.2) is 59.1 Å². The Kier molecular flexibility index (Phi) is 7.03. The van der Waals surface area contributed by atoms with E-state index in [4.69, 9.17) is 26.1 Å². The molecule has 0 radical (unpaired) electrons. The normalized spacial score (nSPS) is 10.7. The Balaban J connectivity index is 1.60. The largest absolute Gasteiger partial charge is 0.452 e. The smallest absolute Gasteiger partial charge is 0.339 e. The number of nitriles is 1. The lowest BCUT2D eigenvalue weighted by Gasteiger charge is -2.22. The van der Waals surface area contributed by atoms with E-state index in [0.717, 1.165) is 0 Å². The lowest BCUT2D eigenvalue weighted by atomic mass is 10.1. The number of halogens is 2. The minimum Gasteiger partial charge on any atom is -0.452 e. The van der Waals surface area contributed by atoms with Gasteiger partial charge in [-0.05, 0) is 55.5 Å². The zero-order chi connectivity index (χ0) is 24.9. The first-order valence-corrected chi connectivity index (χ1v) is 10.9. The second-order valence-corrected chi connectivity index (χ2v) is 7.96. The maximum Gasteiger partial charge on any atom is 0.339 e. The van der Waals surface area contributed by atoms with E-state index >= 15 is 0 Å². The van der Waals surface area contributed by atoms with Gasteiger partial charge >= 0.3 is 5.97 Å². The summed E-state index contributed by atoms with van der Waals surface area (Å²) >= 11 is 6.04. The van der Waals surface area contributed by atoms with Crippen LogP contribution in [0.4, 0.5) is 10.1 Å². The number of rotatable bonds is 7. The van der Waals surface area contributed by atoms with Crippen LogP contribution >= 0.6 is 11.6 Å². The number of hydrogen-bond donors (Lipinski definition) is 0. The molecule has 2 aromatic heterocycles. The number of nitrogens with zero attached hydrogens (tertiary/aromatic N) is 4. The Morgan fingerprint density at radius 1 is 1.20 bits per heavy atom. The summed E-state index contributed by atoms with van der Waals surface area (Å²) in [5, 5.41) is 13.6. The molecule has 35 heavy (non-hydrogen) atoms. The predicted octanol–water partition coefficient (Wildman–Crippen LogP) is 5.09. The second kappa shape index (κ2) is 10.3. The summed E-state index contributed by atoms with van der Waals surface area (Å²) in [6.45, 7) is 1.18. The van der Waals surface area contributed by atoms with E-state index in [9.17, 15) is 14.0 Å². The standard InChI is InChI=1S/C25H18ClFN4O4/c1-15-23-20(13-21(29-24(23)35-30-15)16-6-8-18(27)9-7-16)25(33)34-14-22(32)31(11-3-10-28)19-5-2-4-17(26)12-19/h2,4-9,12-13H,3,11,14H2,1H3.